The average Bonchev–Trinajstić information content (AvgIpc) is 3.26. The molecule has 2 aromatic heterocycles. The topological polar surface area (TPSA) is 68.2 Å². The Morgan fingerprint density at radius 2 is 1.71 bits per heavy atom. The molecule has 31 heavy (non-hydrogen) atoms. The first-order chi connectivity index (χ1) is 15.1. The second kappa shape index (κ2) is 8.38. The predicted octanol–water partition coefficient (Wildman–Crippen LogP) is 3.60. The van der Waals surface area contributed by atoms with Crippen LogP contribution < -0.4 is 9.64 Å². The maximum Gasteiger partial charge on any atom is 0.225 e. The van der Waals surface area contributed by atoms with E-state index >= 15 is 0 Å². The van der Waals surface area contributed by atoms with E-state index in [1.54, 1.807) is 12.5 Å². The lowest BCUT2D eigenvalue weighted by atomic mass is 10.1. The van der Waals surface area contributed by atoms with Crippen LogP contribution in [0.15, 0.2) is 59.9 Å². The fraction of sp³-hybridized carbons (Fsp3) is 0.375. The number of hydrogen-bond acceptors (Lipinski definition) is 6. The van der Waals surface area contributed by atoms with Crippen LogP contribution in [0.2, 0.25) is 0 Å². The Balaban J connectivity index is 1.12. The van der Waals surface area contributed by atoms with E-state index in [1.807, 2.05) is 48.8 Å². The number of rotatable bonds is 7. The zero-order chi connectivity index (χ0) is 21.4. The molecule has 0 N–H and O–H groups in total. The summed E-state index contributed by atoms with van der Waals surface area (Å²) in [6.07, 6.45) is 8.30. The predicted molar refractivity (Wildman–Crippen MR) is 122 cm³/mol. The molecule has 3 heterocycles. The first-order valence-corrected chi connectivity index (χ1v) is 12.3. The van der Waals surface area contributed by atoms with Crippen LogP contribution in [0.25, 0.3) is 11.3 Å². The number of hydrogen-bond donors (Lipinski definition) is 0. The lowest BCUT2D eigenvalue weighted by Crippen LogP contribution is -2.27. The van der Waals surface area contributed by atoms with Gasteiger partial charge < -0.3 is 9.64 Å². The first-order valence-electron chi connectivity index (χ1n) is 10.7. The molecule has 4 atom stereocenters. The Morgan fingerprint density at radius 3 is 2.29 bits per heavy atom. The maximum absolute atomic E-state index is 11.5. The monoisotopic (exact) mass is 434 g/mol. The summed E-state index contributed by atoms with van der Waals surface area (Å²) < 4.78 is 17.6. The number of fused-ring (bicyclic) bond motifs is 1. The number of piperidine rings is 1. The van der Waals surface area contributed by atoms with Gasteiger partial charge in [0.05, 0.1) is 18.5 Å². The molecule has 0 amide bonds. The first kappa shape index (κ1) is 20.1. The van der Waals surface area contributed by atoms with Crippen molar-refractivity contribution in [2.45, 2.75) is 18.2 Å². The normalized spacial score (nSPS) is 22.8. The van der Waals surface area contributed by atoms with Gasteiger partial charge >= 0.3 is 0 Å². The zero-order valence-corrected chi connectivity index (χ0v) is 18.6. The summed E-state index contributed by atoms with van der Waals surface area (Å²) in [5, 5.41) is 0. The van der Waals surface area contributed by atoms with Crippen LogP contribution >= 0.6 is 0 Å². The molecule has 6 nitrogen and oxygen atoms in total. The summed E-state index contributed by atoms with van der Waals surface area (Å²) in [7, 11) is -0.966. The highest BCUT2D eigenvalue weighted by Gasteiger charge is 2.56. The molecule has 1 saturated carbocycles. The molecule has 0 spiro atoms. The van der Waals surface area contributed by atoms with Crippen molar-refractivity contribution in [1.82, 2.24) is 15.0 Å². The molecule has 1 aromatic carbocycles. The van der Waals surface area contributed by atoms with Crippen LogP contribution in [0, 0.1) is 17.8 Å². The SMILES string of the molecule is CCc1cnc(N2C[C@@H]3C(COc4ccc(-c5ccc(S(C)=O)cc5)nc4)[C@@H]3C2)nc1. The van der Waals surface area contributed by atoms with Gasteiger partial charge in [0.2, 0.25) is 5.95 Å². The second-order valence-corrected chi connectivity index (χ2v) is 9.69. The molecule has 3 aromatic rings. The molecule has 2 fully saturated rings. The standard InChI is InChI=1S/C24H26N4O2S/c1-3-16-10-26-24(27-11-16)28-13-20-21(14-28)22(20)15-30-18-6-9-23(25-12-18)17-4-7-19(8-5-17)31(2)29/h4-12,20-22H,3,13-15H2,1-2H3/t20-,21+,22?,31?. The molecule has 2 unspecified atom stereocenters. The van der Waals surface area contributed by atoms with Crippen molar-refractivity contribution in [3.05, 3.63) is 60.6 Å². The van der Waals surface area contributed by atoms with Crippen molar-refractivity contribution < 1.29 is 8.95 Å². The summed E-state index contributed by atoms with van der Waals surface area (Å²) in [4.78, 5) is 16.7. The number of pyridine rings is 1. The minimum atomic E-state index is -0.966. The number of anilines is 1. The molecular weight excluding hydrogens is 408 g/mol. The lowest BCUT2D eigenvalue weighted by Gasteiger charge is -2.19. The summed E-state index contributed by atoms with van der Waals surface area (Å²) in [6, 6.07) is 11.6. The third-order valence-corrected chi connectivity index (χ3v) is 7.35. The molecule has 2 aliphatic rings. The van der Waals surface area contributed by atoms with Gasteiger partial charge in [0.15, 0.2) is 0 Å². The summed E-state index contributed by atoms with van der Waals surface area (Å²) in [6.45, 7) is 4.88. The molecule has 1 saturated heterocycles. The highest BCUT2D eigenvalue weighted by molar-refractivity contribution is 7.84. The van der Waals surface area contributed by atoms with Crippen molar-refractivity contribution in [3.8, 4) is 17.0 Å². The smallest absolute Gasteiger partial charge is 0.225 e. The third kappa shape index (κ3) is 4.19. The van der Waals surface area contributed by atoms with Crippen LogP contribution in [0.4, 0.5) is 5.95 Å². The van der Waals surface area contributed by atoms with Crippen LogP contribution in [0.1, 0.15) is 12.5 Å². The number of nitrogens with zero attached hydrogens (tertiary/aromatic N) is 4. The van der Waals surface area contributed by atoms with Gasteiger partial charge in [0.1, 0.15) is 5.75 Å². The van der Waals surface area contributed by atoms with Crippen LogP contribution in [0.3, 0.4) is 0 Å². The average molecular weight is 435 g/mol. The molecule has 0 radical (unpaired) electrons. The van der Waals surface area contributed by atoms with Gasteiger partial charge in [-0.25, -0.2) is 9.97 Å². The van der Waals surface area contributed by atoms with Crippen LogP contribution in [-0.2, 0) is 17.2 Å². The van der Waals surface area contributed by atoms with Crippen molar-refractivity contribution in [2.75, 3.05) is 30.9 Å². The minimum Gasteiger partial charge on any atom is -0.492 e. The van der Waals surface area contributed by atoms with Crippen molar-refractivity contribution in [2.24, 2.45) is 17.8 Å². The Morgan fingerprint density at radius 1 is 1.00 bits per heavy atom. The maximum atomic E-state index is 11.5. The second-order valence-electron chi connectivity index (χ2n) is 8.31. The molecule has 1 aliphatic heterocycles. The van der Waals surface area contributed by atoms with Crippen molar-refractivity contribution >= 4 is 16.7 Å². The Bertz CT molecular complexity index is 1060. The van der Waals surface area contributed by atoms with E-state index in [2.05, 4.69) is 26.8 Å². The Labute approximate surface area is 185 Å². The number of ether oxygens (including phenoxy) is 1. The summed E-state index contributed by atoms with van der Waals surface area (Å²) in [5.74, 6) is 3.60. The van der Waals surface area contributed by atoms with Gasteiger partial charge in [-0.1, -0.05) is 19.1 Å². The Hall–Kier alpha value is -2.80. The number of aryl methyl sites for hydroxylation is 1. The van der Waals surface area contributed by atoms with Gasteiger partial charge in [-0.15, -0.1) is 0 Å². The number of aromatic nitrogens is 3. The van der Waals surface area contributed by atoms with Crippen LogP contribution in [-0.4, -0.2) is 45.1 Å². The van der Waals surface area contributed by atoms with E-state index in [0.29, 0.717) is 17.8 Å². The fourth-order valence-corrected chi connectivity index (χ4v) is 4.92. The van der Waals surface area contributed by atoms with Gasteiger partial charge in [0, 0.05) is 58.9 Å². The van der Waals surface area contributed by atoms with Crippen LogP contribution in [0.5, 0.6) is 5.75 Å². The van der Waals surface area contributed by atoms with Gasteiger partial charge in [-0.05, 0) is 48.1 Å². The van der Waals surface area contributed by atoms with Crippen molar-refractivity contribution in [3.63, 3.8) is 0 Å². The summed E-state index contributed by atoms with van der Waals surface area (Å²) >= 11 is 0. The van der Waals surface area contributed by atoms with Gasteiger partial charge in [-0.3, -0.25) is 9.19 Å². The number of benzene rings is 1. The highest BCUT2D eigenvalue weighted by Crippen LogP contribution is 2.52. The van der Waals surface area contributed by atoms with E-state index in [4.69, 9.17) is 4.74 Å². The summed E-state index contributed by atoms with van der Waals surface area (Å²) in [5.41, 5.74) is 3.06. The molecule has 1 aliphatic carbocycles. The van der Waals surface area contributed by atoms with E-state index in [1.165, 1.54) is 5.56 Å². The third-order valence-electron chi connectivity index (χ3n) is 6.41. The molecule has 0 bridgehead atoms. The largest absolute Gasteiger partial charge is 0.492 e. The van der Waals surface area contributed by atoms with E-state index < -0.39 is 10.8 Å². The molecule has 160 valence electrons. The van der Waals surface area contributed by atoms with Crippen molar-refractivity contribution in [1.29, 1.82) is 0 Å². The van der Waals surface area contributed by atoms with E-state index in [0.717, 1.165) is 54.0 Å². The van der Waals surface area contributed by atoms with Gasteiger partial charge in [0.25, 0.3) is 0 Å². The molecular formula is C24H26N4O2S. The Kier molecular flexibility index (Phi) is 5.44. The molecule has 7 heteroatoms. The van der Waals surface area contributed by atoms with E-state index in [9.17, 15) is 4.21 Å². The highest BCUT2D eigenvalue weighted by atomic mass is 32.2. The molecule has 5 rings (SSSR count). The zero-order valence-electron chi connectivity index (χ0n) is 17.8. The fourth-order valence-electron chi connectivity index (χ4n) is 4.40. The van der Waals surface area contributed by atoms with Gasteiger partial charge in [-0.2, -0.15) is 0 Å². The quantitative estimate of drug-likeness (QED) is 0.566. The van der Waals surface area contributed by atoms with E-state index in [-0.39, 0.29) is 0 Å². The minimum absolute atomic E-state index is 0.605. The lowest BCUT2D eigenvalue weighted by molar-refractivity contribution is 0.282.